The maximum absolute atomic E-state index is 13.3. The monoisotopic (exact) mass is 515 g/mol. The van der Waals surface area contributed by atoms with Crippen LogP contribution in [0.25, 0.3) is 0 Å². The molecule has 1 saturated heterocycles. The summed E-state index contributed by atoms with van der Waals surface area (Å²) in [4.78, 5) is 46.1. The summed E-state index contributed by atoms with van der Waals surface area (Å²) < 4.78 is 5.88. The van der Waals surface area contributed by atoms with Gasteiger partial charge in [0.15, 0.2) is 0 Å². The SMILES string of the molecule is CC(=O)N1CCC(NC(=O)[C@@H]2Sc3nccc4c3C2NC(=O)N4c2ccc(Oc3ccccc3)cc2)C1. The van der Waals surface area contributed by atoms with Crippen LogP contribution in [-0.2, 0) is 9.59 Å². The number of aromatic nitrogens is 1. The van der Waals surface area contributed by atoms with Gasteiger partial charge in [0.1, 0.15) is 21.8 Å². The van der Waals surface area contributed by atoms with Crippen molar-refractivity contribution in [3.63, 3.8) is 0 Å². The normalized spacial score (nSPS) is 21.9. The number of ether oxygens (including phenoxy) is 1. The third-order valence-electron chi connectivity index (χ3n) is 6.82. The smallest absolute Gasteiger partial charge is 0.327 e. The van der Waals surface area contributed by atoms with Gasteiger partial charge in [0, 0.05) is 37.8 Å². The molecule has 3 aromatic rings. The molecule has 1 fully saturated rings. The summed E-state index contributed by atoms with van der Waals surface area (Å²) in [6.45, 7) is 2.67. The molecule has 4 heterocycles. The van der Waals surface area contributed by atoms with Gasteiger partial charge >= 0.3 is 6.03 Å². The van der Waals surface area contributed by atoms with Gasteiger partial charge in [0.25, 0.3) is 0 Å². The standard InChI is InChI=1S/C27H25N5O4S/c1-16(33)31-14-12-17(15-31)29-25(34)24-23-22-21(11-13-28-26(22)37-24)32(27(35)30-23)18-7-9-20(10-8-18)36-19-5-3-2-4-6-19/h2-11,13,17,23-24H,12,14-15H2,1H3,(H,29,34)(H,30,35)/t17?,23?,24-/m1/s1. The van der Waals surface area contributed by atoms with E-state index in [-0.39, 0.29) is 23.9 Å². The van der Waals surface area contributed by atoms with Crippen molar-refractivity contribution in [1.82, 2.24) is 20.5 Å². The molecule has 37 heavy (non-hydrogen) atoms. The molecule has 3 aliphatic rings. The molecule has 2 aromatic carbocycles. The van der Waals surface area contributed by atoms with E-state index in [2.05, 4.69) is 15.6 Å². The van der Waals surface area contributed by atoms with Crippen molar-refractivity contribution in [2.45, 2.75) is 35.7 Å². The number of nitrogens with one attached hydrogen (secondary N) is 2. The summed E-state index contributed by atoms with van der Waals surface area (Å²) in [7, 11) is 0. The van der Waals surface area contributed by atoms with Crippen LogP contribution in [0.2, 0.25) is 0 Å². The number of nitrogens with zero attached hydrogens (tertiary/aromatic N) is 3. The number of pyridine rings is 1. The summed E-state index contributed by atoms with van der Waals surface area (Å²) in [5.41, 5.74) is 2.23. The minimum Gasteiger partial charge on any atom is -0.457 e. The van der Waals surface area contributed by atoms with Crippen LogP contribution in [0, 0.1) is 0 Å². The van der Waals surface area contributed by atoms with Crippen molar-refractivity contribution in [1.29, 1.82) is 0 Å². The van der Waals surface area contributed by atoms with Crippen LogP contribution >= 0.6 is 11.8 Å². The highest BCUT2D eigenvalue weighted by atomic mass is 32.2. The second kappa shape index (κ2) is 9.44. The van der Waals surface area contributed by atoms with Crippen molar-refractivity contribution in [2.24, 2.45) is 0 Å². The minimum atomic E-state index is -0.539. The highest BCUT2D eigenvalue weighted by Crippen LogP contribution is 2.50. The number of benzene rings is 2. The lowest BCUT2D eigenvalue weighted by Gasteiger charge is -2.34. The van der Waals surface area contributed by atoms with Gasteiger partial charge in [-0.25, -0.2) is 9.78 Å². The molecule has 0 spiro atoms. The van der Waals surface area contributed by atoms with E-state index in [4.69, 9.17) is 4.74 Å². The number of hydrogen-bond acceptors (Lipinski definition) is 6. The number of likely N-dealkylation sites (tertiary alicyclic amines) is 1. The van der Waals surface area contributed by atoms with Crippen LogP contribution < -0.4 is 20.3 Å². The van der Waals surface area contributed by atoms with E-state index < -0.39 is 11.3 Å². The third kappa shape index (κ3) is 4.37. The Morgan fingerprint density at radius 1 is 1.08 bits per heavy atom. The van der Waals surface area contributed by atoms with Crippen LogP contribution in [0.5, 0.6) is 11.5 Å². The zero-order chi connectivity index (χ0) is 25.5. The Balaban J connectivity index is 1.22. The first-order chi connectivity index (χ1) is 18.0. The topological polar surface area (TPSA) is 104 Å². The van der Waals surface area contributed by atoms with E-state index in [1.54, 1.807) is 16.0 Å². The second-order valence-corrected chi connectivity index (χ2v) is 10.3. The number of para-hydroxylation sites is 1. The van der Waals surface area contributed by atoms with Gasteiger partial charge in [-0.1, -0.05) is 30.0 Å². The lowest BCUT2D eigenvalue weighted by molar-refractivity contribution is -0.128. The van der Waals surface area contributed by atoms with Gasteiger partial charge in [0.2, 0.25) is 11.8 Å². The van der Waals surface area contributed by atoms with Crippen molar-refractivity contribution >= 4 is 41.0 Å². The Morgan fingerprint density at radius 3 is 2.57 bits per heavy atom. The molecule has 3 atom stereocenters. The van der Waals surface area contributed by atoms with Crippen molar-refractivity contribution < 1.29 is 19.1 Å². The number of anilines is 2. The van der Waals surface area contributed by atoms with E-state index >= 15 is 0 Å². The molecule has 9 nitrogen and oxygen atoms in total. The molecule has 4 amide bonds. The molecule has 188 valence electrons. The Hall–Kier alpha value is -4.05. The maximum Gasteiger partial charge on any atom is 0.327 e. The first-order valence-electron chi connectivity index (χ1n) is 12.1. The molecule has 6 rings (SSSR count). The van der Waals surface area contributed by atoms with E-state index in [1.165, 1.54) is 18.7 Å². The van der Waals surface area contributed by atoms with Gasteiger partial charge in [-0.15, -0.1) is 0 Å². The lowest BCUT2D eigenvalue weighted by Crippen LogP contribution is -2.50. The predicted molar refractivity (Wildman–Crippen MR) is 139 cm³/mol. The zero-order valence-corrected chi connectivity index (χ0v) is 20.9. The van der Waals surface area contributed by atoms with Crippen LogP contribution in [0.4, 0.5) is 16.2 Å². The fourth-order valence-electron chi connectivity index (χ4n) is 5.02. The van der Waals surface area contributed by atoms with Gasteiger partial charge in [-0.05, 0) is 48.9 Å². The zero-order valence-electron chi connectivity index (χ0n) is 20.1. The summed E-state index contributed by atoms with van der Waals surface area (Å²) in [6, 6.07) is 17.7. The number of carbonyl (C=O) groups is 3. The Morgan fingerprint density at radius 2 is 1.84 bits per heavy atom. The fourth-order valence-corrected chi connectivity index (χ4v) is 6.25. The largest absolute Gasteiger partial charge is 0.457 e. The molecule has 1 aromatic heterocycles. The Bertz CT molecular complexity index is 1370. The number of carbonyl (C=O) groups excluding carboxylic acids is 3. The van der Waals surface area contributed by atoms with Gasteiger partial charge in [-0.3, -0.25) is 14.5 Å². The number of urea groups is 1. The Labute approximate surface area is 218 Å². The van der Waals surface area contributed by atoms with E-state index in [0.29, 0.717) is 36.6 Å². The quantitative estimate of drug-likeness (QED) is 0.533. The van der Waals surface area contributed by atoms with Crippen molar-refractivity contribution in [3.8, 4) is 11.5 Å². The first-order valence-corrected chi connectivity index (χ1v) is 13.0. The molecule has 2 unspecified atom stereocenters. The van der Waals surface area contributed by atoms with Crippen molar-refractivity contribution in [2.75, 3.05) is 18.0 Å². The molecule has 2 N–H and O–H groups in total. The lowest BCUT2D eigenvalue weighted by atomic mass is 9.99. The molecule has 10 heteroatoms. The summed E-state index contributed by atoms with van der Waals surface area (Å²) >= 11 is 1.36. The van der Waals surface area contributed by atoms with Crippen LogP contribution in [0.3, 0.4) is 0 Å². The van der Waals surface area contributed by atoms with Crippen LogP contribution in [-0.4, -0.2) is 52.1 Å². The highest BCUT2D eigenvalue weighted by molar-refractivity contribution is 8.01. The van der Waals surface area contributed by atoms with E-state index in [9.17, 15) is 14.4 Å². The average molecular weight is 516 g/mol. The fraction of sp³-hybridized carbons (Fsp3) is 0.259. The van der Waals surface area contributed by atoms with Crippen molar-refractivity contribution in [3.05, 3.63) is 72.4 Å². The van der Waals surface area contributed by atoms with Crippen LogP contribution in [0.15, 0.2) is 71.9 Å². The Kier molecular flexibility index (Phi) is 5.96. The first kappa shape index (κ1) is 23.4. The molecular weight excluding hydrogens is 490 g/mol. The molecule has 0 bridgehead atoms. The van der Waals surface area contributed by atoms with Crippen LogP contribution in [0.1, 0.15) is 24.9 Å². The second-order valence-electron chi connectivity index (χ2n) is 9.22. The average Bonchev–Trinajstić information content (AvgIpc) is 3.51. The van der Waals surface area contributed by atoms with Gasteiger partial charge in [-0.2, -0.15) is 0 Å². The number of thioether (sulfide) groups is 1. The minimum absolute atomic E-state index is 0.00698. The molecule has 0 aliphatic carbocycles. The van der Waals surface area contributed by atoms with Gasteiger partial charge < -0.3 is 20.3 Å². The van der Waals surface area contributed by atoms with Gasteiger partial charge in [0.05, 0.1) is 17.4 Å². The summed E-state index contributed by atoms with van der Waals surface area (Å²) in [6.07, 6.45) is 2.38. The maximum atomic E-state index is 13.3. The third-order valence-corrected chi connectivity index (χ3v) is 8.11. The number of amides is 4. The summed E-state index contributed by atoms with van der Waals surface area (Å²) in [5, 5.41) is 6.29. The van der Waals surface area contributed by atoms with E-state index in [0.717, 1.165) is 16.3 Å². The molecular formula is C27H25N5O4S. The predicted octanol–water partition coefficient (Wildman–Crippen LogP) is 3.99. The van der Waals surface area contributed by atoms with E-state index in [1.807, 2.05) is 60.7 Å². The number of rotatable bonds is 5. The molecule has 0 radical (unpaired) electrons. The highest BCUT2D eigenvalue weighted by Gasteiger charge is 2.47. The number of hydrogen-bond donors (Lipinski definition) is 2. The summed E-state index contributed by atoms with van der Waals surface area (Å²) in [5.74, 6) is 1.24. The molecule has 0 saturated carbocycles. The molecule has 3 aliphatic heterocycles.